The quantitative estimate of drug-likeness (QED) is 0.887. The third-order valence-electron chi connectivity index (χ3n) is 4.10. The van der Waals surface area contributed by atoms with E-state index in [-0.39, 0.29) is 17.9 Å². The number of hydrogen-bond donors (Lipinski definition) is 2. The van der Waals surface area contributed by atoms with Crippen LogP contribution in [0.5, 0.6) is 0 Å². The number of anilines is 1. The average molecular weight is 276 g/mol. The van der Waals surface area contributed by atoms with E-state index in [0.29, 0.717) is 6.54 Å². The number of carbonyl (C=O) groups excluding carboxylic acids is 1. The summed E-state index contributed by atoms with van der Waals surface area (Å²) in [5, 5.41) is 12.6. The van der Waals surface area contributed by atoms with Gasteiger partial charge >= 0.3 is 0 Å². The first-order chi connectivity index (χ1) is 9.45. The van der Waals surface area contributed by atoms with E-state index >= 15 is 0 Å². The smallest absolute Gasteiger partial charge is 0.238 e. The fourth-order valence-electron chi connectivity index (χ4n) is 2.59. The van der Waals surface area contributed by atoms with Gasteiger partial charge in [0.05, 0.1) is 12.6 Å². The fourth-order valence-corrected chi connectivity index (χ4v) is 2.59. The third kappa shape index (κ3) is 3.81. The van der Waals surface area contributed by atoms with Crippen molar-refractivity contribution in [2.45, 2.75) is 33.3 Å². The molecule has 2 N–H and O–H groups in total. The Hall–Kier alpha value is -1.39. The first-order valence-corrected chi connectivity index (χ1v) is 7.23. The number of aliphatic hydroxyl groups excluding tert-OH is 1. The third-order valence-corrected chi connectivity index (χ3v) is 4.10. The monoisotopic (exact) mass is 276 g/mol. The van der Waals surface area contributed by atoms with Gasteiger partial charge in [-0.1, -0.05) is 13.0 Å². The van der Waals surface area contributed by atoms with Crippen molar-refractivity contribution in [2.24, 2.45) is 5.92 Å². The Bertz CT molecular complexity index is 487. The van der Waals surface area contributed by atoms with E-state index in [4.69, 9.17) is 0 Å². The summed E-state index contributed by atoms with van der Waals surface area (Å²) in [6, 6.07) is 5.95. The number of nitrogens with one attached hydrogen (secondary N) is 1. The van der Waals surface area contributed by atoms with Crippen LogP contribution in [0.25, 0.3) is 0 Å². The average Bonchev–Trinajstić information content (AvgIpc) is 2.38. The van der Waals surface area contributed by atoms with Gasteiger partial charge in [-0.25, -0.2) is 0 Å². The Kier molecular flexibility index (Phi) is 4.78. The second-order valence-electron chi connectivity index (χ2n) is 5.92. The number of benzene rings is 1. The topological polar surface area (TPSA) is 52.6 Å². The molecule has 1 aliphatic rings. The van der Waals surface area contributed by atoms with Crippen LogP contribution in [0.4, 0.5) is 5.69 Å². The van der Waals surface area contributed by atoms with Crippen molar-refractivity contribution < 1.29 is 9.90 Å². The number of rotatable bonds is 3. The van der Waals surface area contributed by atoms with Crippen molar-refractivity contribution >= 4 is 11.6 Å². The zero-order valence-electron chi connectivity index (χ0n) is 12.5. The molecule has 0 bridgehead atoms. The van der Waals surface area contributed by atoms with Crippen LogP contribution in [0, 0.1) is 19.8 Å². The Labute approximate surface area is 120 Å². The molecule has 2 atom stereocenters. The van der Waals surface area contributed by atoms with Gasteiger partial charge in [0.1, 0.15) is 0 Å². The molecule has 20 heavy (non-hydrogen) atoms. The Morgan fingerprint density at radius 1 is 1.40 bits per heavy atom. The van der Waals surface area contributed by atoms with Gasteiger partial charge in [0, 0.05) is 18.8 Å². The number of likely N-dealkylation sites (tertiary alicyclic amines) is 1. The van der Waals surface area contributed by atoms with Gasteiger partial charge in [0.25, 0.3) is 0 Å². The largest absolute Gasteiger partial charge is 0.393 e. The molecule has 0 saturated carbocycles. The number of amides is 1. The van der Waals surface area contributed by atoms with Gasteiger partial charge in [-0.3, -0.25) is 9.69 Å². The Balaban J connectivity index is 1.87. The van der Waals surface area contributed by atoms with Crippen molar-refractivity contribution in [3.8, 4) is 0 Å². The first-order valence-electron chi connectivity index (χ1n) is 7.23. The molecule has 1 amide bonds. The molecule has 1 fully saturated rings. The summed E-state index contributed by atoms with van der Waals surface area (Å²) in [6.07, 6.45) is 0.520. The van der Waals surface area contributed by atoms with E-state index in [1.54, 1.807) is 0 Å². The molecule has 0 radical (unpaired) electrons. The summed E-state index contributed by atoms with van der Waals surface area (Å²) in [4.78, 5) is 14.2. The van der Waals surface area contributed by atoms with Gasteiger partial charge in [0.15, 0.2) is 0 Å². The number of carbonyl (C=O) groups is 1. The maximum absolute atomic E-state index is 12.0. The van der Waals surface area contributed by atoms with E-state index in [9.17, 15) is 9.90 Å². The van der Waals surface area contributed by atoms with Crippen LogP contribution in [0.1, 0.15) is 24.5 Å². The molecule has 0 aliphatic carbocycles. The van der Waals surface area contributed by atoms with E-state index in [0.717, 1.165) is 25.2 Å². The molecule has 110 valence electrons. The van der Waals surface area contributed by atoms with Crippen LogP contribution in [0.2, 0.25) is 0 Å². The Morgan fingerprint density at radius 2 is 2.15 bits per heavy atom. The summed E-state index contributed by atoms with van der Waals surface area (Å²) >= 11 is 0. The molecule has 1 aliphatic heterocycles. The minimum Gasteiger partial charge on any atom is -0.393 e. The lowest BCUT2D eigenvalue weighted by molar-refractivity contribution is -0.118. The van der Waals surface area contributed by atoms with Crippen molar-refractivity contribution in [2.75, 3.05) is 25.0 Å². The summed E-state index contributed by atoms with van der Waals surface area (Å²) in [7, 11) is 0. The van der Waals surface area contributed by atoms with Crippen LogP contribution in [-0.2, 0) is 4.79 Å². The van der Waals surface area contributed by atoms with Gasteiger partial charge in [-0.05, 0) is 49.4 Å². The molecular formula is C16H24N2O2. The lowest BCUT2D eigenvalue weighted by Gasteiger charge is -2.33. The second kappa shape index (κ2) is 6.37. The lowest BCUT2D eigenvalue weighted by atomic mass is 9.97. The van der Waals surface area contributed by atoms with Crippen molar-refractivity contribution in [1.29, 1.82) is 0 Å². The maximum atomic E-state index is 12.0. The molecule has 1 heterocycles. The number of aryl methyl sites for hydroxylation is 2. The van der Waals surface area contributed by atoms with E-state index < -0.39 is 0 Å². The molecule has 0 spiro atoms. The lowest BCUT2D eigenvalue weighted by Crippen LogP contribution is -2.45. The number of aliphatic hydroxyl groups is 1. The van der Waals surface area contributed by atoms with Gasteiger partial charge < -0.3 is 10.4 Å². The minimum absolute atomic E-state index is 0.0110. The normalized spacial score (nSPS) is 23.6. The zero-order chi connectivity index (χ0) is 14.7. The standard InChI is InChI=1S/C16H24N2O2/c1-11-4-5-14(8-12(11)2)17-16(20)10-18-7-6-15(19)13(3)9-18/h4-5,8,13,15,19H,6-7,9-10H2,1-3H3,(H,17,20). The van der Waals surface area contributed by atoms with Crippen LogP contribution < -0.4 is 5.32 Å². The van der Waals surface area contributed by atoms with Crippen LogP contribution in [0.15, 0.2) is 18.2 Å². The summed E-state index contributed by atoms with van der Waals surface area (Å²) < 4.78 is 0. The highest BCUT2D eigenvalue weighted by Crippen LogP contribution is 2.17. The number of hydrogen-bond acceptors (Lipinski definition) is 3. The summed E-state index contributed by atoms with van der Waals surface area (Å²) in [6.45, 7) is 8.08. The zero-order valence-corrected chi connectivity index (χ0v) is 12.5. The number of piperidine rings is 1. The summed E-state index contributed by atoms with van der Waals surface area (Å²) in [5.74, 6) is 0.245. The van der Waals surface area contributed by atoms with Crippen molar-refractivity contribution in [3.63, 3.8) is 0 Å². The highest BCUT2D eigenvalue weighted by molar-refractivity contribution is 5.92. The molecule has 1 aromatic carbocycles. The molecule has 4 heteroatoms. The molecule has 1 aromatic rings. The molecular weight excluding hydrogens is 252 g/mol. The highest BCUT2D eigenvalue weighted by atomic mass is 16.3. The van der Waals surface area contributed by atoms with Crippen molar-refractivity contribution in [3.05, 3.63) is 29.3 Å². The number of nitrogens with zero attached hydrogens (tertiary/aromatic N) is 1. The van der Waals surface area contributed by atoms with E-state index in [1.165, 1.54) is 11.1 Å². The van der Waals surface area contributed by atoms with Crippen LogP contribution >= 0.6 is 0 Å². The van der Waals surface area contributed by atoms with E-state index in [2.05, 4.69) is 17.1 Å². The first kappa shape index (κ1) is 15.0. The fraction of sp³-hybridized carbons (Fsp3) is 0.562. The molecule has 0 aromatic heterocycles. The van der Waals surface area contributed by atoms with Gasteiger partial charge in [-0.15, -0.1) is 0 Å². The Morgan fingerprint density at radius 3 is 2.80 bits per heavy atom. The molecule has 1 saturated heterocycles. The van der Waals surface area contributed by atoms with E-state index in [1.807, 2.05) is 32.0 Å². The summed E-state index contributed by atoms with van der Waals surface area (Å²) in [5.41, 5.74) is 3.25. The molecule has 2 rings (SSSR count). The highest BCUT2D eigenvalue weighted by Gasteiger charge is 2.25. The SMILES string of the molecule is Cc1ccc(NC(=O)CN2CCC(O)C(C)C2)cc1C. The minimum atomic E-state index is -0.228. The van der Waals surface area contributed by atoms with Crippen molar-refractivity contribution in [1.82, 2.24) is 4.90 Å². The molecule has 4 nitrogen and oxygen atoms in total. The van der Waals surface area contributed by atoms with Crippen LogP contribution in [0.3, 0.4) is 0 Å². The maximum Gasteiger partial charge on any atom is 0.238 e. The molecule has 2 unspecified atom stereocenters. The predicted octanol–water partition coefficient (Wildman–Crippen LogP) is 1.94. The van der Waals surface area contributed by atoms with Crippen LogP contribution in [-0.4, -0.2) is 41.7 Å². The second-order valence-corrected chi connectivity index (χ2v) is 5.92. The van der Waals surface area contributed by atoms with Gasteiger partial charge in [0.2, 0.25) is 5.91 Å². The predicted molar refractivity (Wildman–Crippen MR) is 80.8 cm³/mol. The van der Waals surface area contributed by atoms with Gasteiger partial charge in [-0.2, -0.15) is 0 Å².